The van der Waals surface area contributed by atoms with Crippen molar-refractivity contribution in [2.45, 2.75) is 38.7 Å². The quantitative estimate of drug-likeness (QED) is 0.829. The van der Waals surface area contributed by atoms with Crippen LogP contribution in [0.1, 0.15) is 44.3 Å². The molecule has 0 spiro atoms. The Hall–Kier alpha value is -1.41. The van der Waals surface area contributed by atoms with Crippen molar-refractivity contribution in [3.8, 4) is 0 Å². The van der Waals surface area contributed by atoms with Crippen LogP contribution in [0.5, 0.6) is 0 Å². The zero-order valence-corrected chi connectivity index (χ0v) is 11.8. The van der Waals surface area contributed by atoms with Crippen molar-refractivity contribution in [1.29, 1.82) is 0 Å². The van der Waals surface area contributed by atoms with Gasteiger partial charge in [-0.1, -0.05) is 50.1 Å². The molecule has 2 aromatic carbocycles. The lowest BCUT2D eigenvalue weighted by Gasteiger charge is -2.31. The minimum atomic E-state index is -0.483. The average Bonchev–Trinajstić information content (AvgIpc) is 2.47. The summed E-state index contributed by atoms with van der Waals surface area (Å²) in [6.45, 7) is 2.25. The van der Waals surface area contributed by atoms with Gasteiger partial charge >= 0.3 is 0 Å². The van der Waals surface area contributed by atoms with Crippen molar-refractivity contribution in [3.63, 3.8) is 0 Å². The van der Waals surface area contributed by atoms with Gasteiger partial charge in [-0.3, -0.25) is 0 Å². The normalized spacial score (nSPS) is 24.8. The summed E-state index contributed by atoms with van der Waals surface area (Å²) < 4.78 is 13.9. The molecule has 1 nitrogen and oxygen atoms in total. The Morgan fingerprint density at radius 1 is 1.10 bits per heavy atom. The zero-order chi connectivity index (χ0) is 14.1. The third-order valence-corrected chi connectivity index (χ3v) is 4.65. The van der Waals surface area contributed by atoms with Gasteiger partial charge < -0.3 is 5.11 Å². The number of fused-ring (bicyclic) bond motifs is 1. The predicted octanol–water partition coefficient (Wildman–Crippen LogP) is 4.84. The van der Waals surface area contributed by atoms with Gasteiger partial charge in [0.2, 0.25) is 0 Å². The maximum Gasteiger partial charge on any atom is 0.131 e. The fraction of sp³-hybridized carbons (Fsp3) is 0.444. The molecule has 0 aliphatic heterocycles. The monoisotopic (exact) mass is 272 g/mol. The van der Waals surface area contributed by atoms with Crippen LogP contribution in [0.15, 0.2) is 36.4 Å². The number of halogens is 1. The molecule has 0 bridgehead atoms. The van der Waals surface area contributed by atoms with Gasteiger partial charge in [-0.05, 0) is 41.7 Å². The van der Waals surface area contributed by atoms with Crippen molar-refractivity contribution in [3.05, 3.63) is 47.8 Å². The first kappa shape index (κ1) is 13.6. The first-order chi connectivity index (χ1) is 9.66. The minimum absolute atomic E-state index is 0.214. The molecule has 3 unspecified atom stereocenters. The number of aliphatic hydroxyl groups is 1. The van der Waals surface area contributed by atoms with E-state index in [1.165, 1.54) is 18.9 Å². The predicted molar refractivity (Wildman–Crippen MR) is 80.0 cm³/mol. The minimum Gasteiger partial charge on any atom is -0.388 e. The zero-order valence-electron chi connectivity index (χ0n) is 11.8. The highest BCUT2D eigenvalue weighted by Crippen LogP contribution is 2.39. The van der Waals surface area contributed by atoms with E-state index in [0.717, 1.165) is 23.8 Å². The maximum atomic E-state index is 13.9. The maximum absolute atomic E-state index is 13.9. The van der Waals surface area contributed by atoms with Crippen LogP contribution in [0.3, 0.4) is 0 Å². The Bertz CT molecular complexity index is 607. The first-order valence-electron chi connectivity index (χ1n) is 7.52. The third kappa shape index (κ3) is 2.45. The van der Waals surface area contributed by atoms with Crippen LogP contribution < -0.4 is 0 Å². The van der Waals surface area contributed by atoms with E-state index in [1.54, 1.807) is 12.1 Å². The summed E-state index contributed by atoms with van der Waals surface area (Å²) in [6, 6.07) is 10.7. The second-order valence-electron chi connectivity index (χ2n) is 6.16. The summed E-state index contributed by atoms with van der Waals surface area (Å²) >= 11 is 0. The molecular formula is C18H21FO. The second-order valence-corrected chi connectivity index (χ2v) is 6.16. The summed E-state index contributed by atoms with van der Waals surface area (Å²) in [6.07, 6.45) is 4.09. The lowest BCUT2D eigenvalue weighted by atomic mass is 9.77. The smallest absolute Gasteiger partial charge is 0.131 e. The molecule has 1 saturated carbocycles. The van der Waals surface area contributed by atoms with Crippen molar-refractivity contribution in [1.82, 2.24) is 0 Å². The highest BCUT2D eigenvalue weighted by atomic mass is 19.1. The van der Waals surface area contributed by atoms with Crippen LogP contribution in [-0.4, -0.2) is 5.11 Å². The molecule has 0 heterocycles. The molecule has 106 valence electrons. The highest BCUT2D eigenvalue weighted by molar-refractivity contribution is 5.86. The summed E-state index contributed by atoms with van der Waals surface area (Å²) in [5.74, 6) is 0.760. The Morgan fingerprint density at radius 2 is 1.85 bits per heavy atom. The molecule has 2 aromatic rings. The molecule has 3 atom stereocenters. The second kappa shape index (κ2) is 5.53. The Morgan fingerprint density at radius 3 is 2.60 bits per heavy atom. The number of benzene rings is 2. The molecule has 0 saturated heterocycles. The number of rotatable bonds is 2. The van der Waals surface area contributed by atoms with Gasteiger partial charge in [-0.2, -0.15) is 0 Å². The fourth-order valence-corrected chi connectivity index (χ4v) is 3.57. The number of hydrogen-bond donors (Lipinski definition) is 1. The van der Waals surface area contributed by atoms with Crippen LogP contribution in [0.2, 0.25) is 0 Å². The largest absolute Gasteiger partial charge is 0.388 e. The van der Waals surface area contributed by atoms with Gasteiger partial charge in [-0.15, -0.1) is 0 Å². The molecule has 3 rings (SSSR count). The van der Waals surface area contributed by atoms with E-state index in [-0.39, 0.29) is 5.82 Å². The fourth-order valence-electron chi connectivity index (χ4n) is 3.57. The van der Waals surface area contributed by atoms with Gasteiger partial charge in [0, 0.05) is 5.39 Å². The summed E-state index contributed by atoms with van der Waals surface area (Å²) in [4.78, 5) is 0. The molecule has 1 N–H and O–H groups in total. The van der Waals surface area contributed by atoms with E-state index < -0.39 is 6.10 Å². The molecule has 0 aromatic heterocycles. The van der Waals surface area contributed by atoms with Gasteiger partial charge in [0.15, 0.2) is 0 Å². The number of aliphatic hydroxyl groups excluding tert-OH is 1. The molecule has 1 fully saturated rings. The van der Waals surface area contributed by atoms with Gasteiger partial charge in [0.25, 0.3) is 0 Å². The summed E-state index contributed by atoms with van der Waals surface area (Å²) in [7, 11) is 0. The van der Waals surface area contributed by atoms with Crippen molar-refractivity contribution in [2.75, 3.05) is 0 Å². The molecular weight excluding hydrogens is 251 g/mol. The lowest BCUT2D eigenvalue weighted by Crippen LogP contribution is -2.20. The molecule has 0 amide bonds. The molecule has 1 aliphatic rings. The SMILES string of the molecule is CC1CCCC(C(O)c2ccc(F)c3ccccc23)C1. The van der Waals surface area contributed by atoms with Crippen molar-refractivity contribution in [2.24, 2.45) is 11.8 Å². The van der Waals surface area contributed by atoms with Gasteiger partial charge in [-0.25, -0.2) is 4.39 Å². The summed E-state index contributed by atoms with van der Waals surface area (Å²) in [5, 5.41) is 12.2. The standard InChI is InChI=1S/C18H21FO/c1-12-5-4-6-13(11-12)18(20)16-9-10-17(19)15-8-3-2-7-14(15)16/h2-3,7-10,12-13,18,20H,4-6,11H2,1H3. The molecule has 2 heteroatoms. The van der Waals surface area contributed by atoms with E-state index in [9.17, 15) is 9.50 Å². The van der Waals surface area contributed by atoms with Crippen LogP contribution >= 0.6 is 0 Å². The van der Waals surface area contributed by atoms with E-state index in [1.807, 2.05) is 18.2 Å². The topological polar surface area (TPSA) is 20.2 Å². The summed E-state index contributed by atoms with van der Waals surface area (Å²) in [5.41, 5.74) is 0.876. The third-order valence-electron chi connectivity index (χ3n) is 4.65. The Labute approximate surface area is 119 Å². The van der Waals surface area contributed by atoms with E-state index in [0.29, 0.717) is 17.2 Å². The van der Waals surface area contributed by atoms with E-state index >= 15 is 0 Å². The van der Waals surface area contributed by atoms with Crippen LogP contribution in [-0.2, 0) is 0 Å². The van der Waals surface area contributed by atoms with E-state index in [2.05, 4.69) is 6.92 Å². The van der Waals surface area contributed by atoms with Crippen molar-refractivity contribution >= 4 is 10.8 Å². The van der Waals surface area contributed by atoms with E-state index in [4.69, 9.17) is 0 Å². The van der Waals surface area contributed by atoms with Gasteiger partial charge in [0.1, 0.15) is 5.82 Å². The first-order valence-corrected chi connectivity index (χ1v) is 7.52. The molecule has 1 aliphatic carbocycles. The van der Waals surface area contributed by atoms with Crippen molar-refractivity contribution < 1.29 is 9.50 Å². The molecule has 0 radical (unpaired) electrons. The Balaban J connectivity index is 1.99. The molecule has 20 heavy (non-hydrogen) atoms. The van der Waals surface area contributed by atoms with Crippen LogP contribution in [0, 0.1) is 17.7 Å². The van der Waals surface area contributed by atoms with Gasteiger partial charge in [0.05, 0.1) is 6.10 Å². The van der Waals surface area contributed by atoms with Crippen LogP contribution in [0.25, 0.3) is 10.8 Å². The van der Waals surface area contributed by atoms with Crippen LogP contribution in [0.4, 0.5) is 4.39 Å². The highest BCUT2D eigenvalue weighted by Gasteiger charge is 2.27. The Kier molecular flexibility index (Phi) is 3.75. The average molecular weight is 272 g/mol. The number of hydrogen-bond acceptors (Lipinski definition) is 1. The lowest BCUT2D eigenvalue weighted by molar-refractivity contribution is 0.0725.